The Morgan fingerprint density at radius 1 is 1.24 bits per heavy atom. The zero-order chi connectivity index (χ0) is 15.3. The minimum absolute atomic E-state index is 0.145. The van der Waals surface area contributed by atoms with Crippen LogP contribution in [0.25, 0.3) is 0 Å². The monoisotopic (exact) mass is 357 g/mol. The first-order valence-electron chi connectivity index (χ1n) is 7.58. The fourth-order valence-electron chi connectivity index (χ4n) is 2.46. The lowest BCUT2D eigenvalue weighted by Crippen LogP contribution is -2.47. The highest BCUT2D eigenvalue weighted by molar-refractivity contribution is 9.10. The lowest BCUT2D eigenvalue weighted by atomic mass is 9.93. The van der Waals surface area contributed by atoms with Gasteiger partial charge in [-0.1, -0.05) is 13.8 Å². The van der Waals surface area contributed by atoms with Gasteiger partial charge >= 0.3 is 0 Å². The molecule has 0 unspecified atom stereocenters. The first-order chi connectivity index (χ1) is 10.1. The molecule has 0 spiro atoms. The number of hydrogen-bond acceptors (Lipinski definition) is 4. The van der Waals surface area contributed by atoms with E-state index in [0.29, 0.717) is 19.8 Å². The van der Waals surface area contributed by atoms with Gasteiger partial charge in [-0.3, -0.25) is 0 Å². The minimum atomic E-state index is -0.212. The normalized spacial score (nSPS) is 14.9. The van der Waals surface area contributed by atoms with Gasteiger partial charge in [-0.05, 0) is 46.5 Å². The maximum Gasteiger partial charge on any atom is 0.175 e. The molecule has 1 aromatic carbocycles. The second-order valence-electron chi connectivity index (χ2n) is 5.45. The smallest absolute Gasteiger partial charge is 0.175 e. The zero-order valence-electron chi connectivity index (χ0n) is 12.7. The number of fused-ring (bicyclic) bond motifs is 1. The largest absolute Gasteiger partial charge is 0.490 e. The fourth-order valence-corrected chi connectivity index (χ4v) is 3.06. The van der Waals surface area contributed by atoms with E-state index in [9.17, 15) is 5.11 Å². The Kier molecular flexibility index (Phi) is 5.90. The predicted molar refractivity (Wildman–Crippen MR) is 87.0 cm³/mol. The molecule has 0 fully saturated rings. The van der Waals surface area contributed by atoms with Crippen molar-refractivity contribution in [3.63, 3.8) is 0 Å². The van der Waals surface area contributed by atoms with E-state index >= 15 is 0 Å². The van der Waals surface area contributed by atoms with Crippen LogP contribution in [0.4, 0.5) is 0 Å². The van der Waals surface area contributed by atoms with Crippen molar-refractivity contribution >= 4 is 15.9 Å². The Morgan fingerprint density at radius 2 is 1.95 bits per heavy atom. The third-order valence-electron chi connectivity index (χ3n) is 4.19. The first kappa shape index (κ1) is 16.6. The molecule has 1 aromatic rings. The highest BCUT2D eigenvalue weighted by atomic mass is 79.9. The van der Waals surface area contributed by atoms with Crippen molar-refractivity contribution < 1.29 is 14.6 Å². The highest BCUT2D eigenvalue weighted by Gasteiger charge is 2.24. The van der Waals surface area contributed by atoms with E-state index in [1.165, 1.54) is 0 Å². The number of nitrogens with one attached hydrogen (secondary N) is 1. The van der Waals surface area contributed by atoms with Crippen LogP contribution in [-0.4, -0.2) is 30.5 Å². The van der Waals surface area contributed by atoms with Crippen LogP contribution in [0.1, 0.15) is 38.7 Å². The van der Waals surface area contributed by atoms with E-state index in [4.69, 9.17) is 9.47 Å². The lowest BCUT2D eigenvalue weighted by molar-refractivity contribution is 0.149. The van der Waals surface area contributed by atoms with Gasteiger partial charge in [0.05, 0.1) is 24.3 Å². The van der Waals surface area contributed by atoms with Gasteiger partial charge in [0.1, 0.15) is 0 Å². The summed E-state index contributed by atoms with van der Waals surface area (Å²) < 4.78 is 12.4. The molecule has 5 heteroatoms. The molecule has 2 N–H and O–H groups in total. The van der Waals surface area contributed by atoms with Crippen molar-refractivity contribution in [1.82, 2.24) is 5.32 Å². The van der Waals surface area contributed by atoms with E-state index in [2.05, 4.69) is 35.1 Å². The van der Waals surface area contributed by atoms with E-state index in [1.54, 1.807) is 0 Å². The SMILES string of the molecule is CCC(CC)(CO)NCc1cc(Br)c2c(c1)OCCCO2. The molecule has 1 aliphatic heterocycles. The molecule has 1 aliphatic rings. The average Bonchev–Trinajstić information content (AvgIpc) is 2.75. The number of hydrogen-bond donors (Lipinski definition) is 2. The standard InChI is InChI=1S/C16H24BrNO3/c1-3-16(4-2,11-19)18-10-12-8-13(17)15-14(9-12)20-6-5-7-21-15/h8-9,18-19H,3-7,10-11H2,1-2H3. The molecule has 21 heavy (non-hydrogen) atoms. The quantitative estimate of drug-likeness (QED) is 0.820. The third-order valence-corrected chi connectivity index (χ3v) is 4.77. The second kappa shape index (κ2) is 7.47. The van der Waals surface area contributed by atoms with Crippen molar-refractivity contribution in [3.05, 3.63) is 22.2 Å². The summed E-state index contributed by atoms with van der Waals surface area (Å²) >= 11 is 3.56. The van der Waals surface area contributed by atoms with Crippen LogP contribution >= 0.6 is 15.9 Å². The Hall–Kier alpha value is -0.780. The Bertz CT molecular complexity index is 467. The van der Waals surface area contributed by atoms with Gasteiger partial charge in [-0.25, -0.2) is 0 Å². The summed E-state index contributed by atoms with van der Waals surface area (Å²) in [6, 6.07) is 4.07. The molecule has 0 radical (unpaired) electrons. The van der Waals surface area contributed by atoms with Crippen molar-refractivity contribution in [2.75, 3.05) is 19.8 Å². The molecule has 118 valence electrons. The van der Waals surface area contributed by atoms with E-state index < -0.39 is 0 Å². The van der Waals surface area contributed by atoms with Crippen LogP contribution in [0.2, 0.25) is 0 Å². The van der Waals surface area contributed by atoms with Crippen molar-refractivity contribution in [3.8, 4) is 11.5 Å². The molecular weight excluding hydrogens is 334 g/mol. The Morgan fingerprint density at radius 3 is 2.62 bits per heavy atom. The summed E-state index contributed by atoms with van der Waals surface area (Å²) in [4.78, 5) is 0. The molecule has 0 saturated carbocycles. The summed E-state index contributed by atoms with van der Waals surface area (Å²) in [5, 5.41) is 13.1. The number of rotatable bonds is 6. The number of aliphatic hydroxyl groups is 1. The summed E-state index contributed by atoms with van der Waals surface area (Å²) in [6.07, 6.45) is 2.69. The van der Waals surface area contributed by atoms with Crippen molar-refractivity contribution in [2.24, 2.45) is 0 Å². The average molecular weight is 358 g/mol. The molecule has 1 heterocycles. The van der Waals surface area contributed by atoms with Crippen LogP contribution in [-0.2, 0) is 6.54 Å². The van der Waals surface area contributed by atoms with Crippen LogP contribution in [0.3, 0.4) is 0 Å². The van der Waals surface area contributed by atoms with Crippen LogP contribution in [0, 0.1) is 0 Å². The number of aliphatic hydroxyl groups excluding tert-OH is 1. The Labute approximate surface area is 135 Å². The Balaban J connectivity index is 2.14. The van der Waals surface area contributed by atoms with Gasteiger partial charge in [0.15, 0.2) is 11.5 Å². The number of benzene rings is 1. The molecule has 0 bridgehead atoms. The zero-order valence-corrected chi connectivity index (χ0v) is 14.3. The first-order valence-corrected chi connectivity index (χ1v) is 8.37. The van der Waals surface area contributed by atoms with Gasteiger partial charge in [-0.15, -0.1) is 0 Å². The van der Waals surface area contributed by atoms with Crippen LogP contribution in [0.5, 0.6) is 11.5 Å². The van der Waals surface area contributed by atoms with Gasteiger partial charge in [0, 0.05) is 18.5 Å². The summed E-state index contributed by atoms with van der Waals surface area (Å²) in [5.74, 6) is 1.58. The summed E-state index contributed by atoms with van der Waals surface area (Å²) in [6.45, 7) is 6.39. The third kappa shape index (κ3) is 3.90. The molecule has 0 saturated heterocycles. The molecule has 0 aromatic heterocycles. The topological polar surface area (TPSA) is 50.7 Å². The maximum absolute atomic E-state index is 9.62. The predicted octanol–water partition coefficient (Wildman–Crippen LogP) is 3.25. The number of ether oxygens (including phenoxy) is 2. The van der Waals surface area contributed by atoms with Gasteiger partial charge in [0.25, 0.3) is 0 Å². The van der Waals surface area contributed by atoms with Gasteiger partial charge in [-0.2, -0.15) is 0 Å². The minimum Gasteiger partial charge on any atom is -0.490 e. The maximum atomic E-state index is 9.62. The molecule has 0 aliphatic carbocycles. The van der Waals surface area contributed by atoms with Crippen LogP contribution in [0.15, 0.2) is 16.6 Å². The summed E-state index contributed by atoms with van der Waals surface area (Å²) in [5.41, 5.74) is 0.905. The van der Waals surface area contributed by atoms with Gasteiger partial charge in [0.2, 0.25) is 0 Å². The summed E-state index contributed by atoms with van der Waals surface area (Å²) in [7, 11) is 0. The van der Waals surface area contributed by atoms with Crippen LogP contribution < -0.4 is 14.8 Å². The van der Waals surface area contributed by atoms with E-state index in [1.807, 2.05) is 12.1 Å². The molecule has 0 atom stereocenters. The molecule has 0 amide bonds. The molecule has 2 rings (SSSR count). The van der Waals surface area contributed by atoms with Crippen molar-refractivity contribution in [1.29, 1.82) is 0 Å². The van der Waals surface area contributed by atoms with E-state index in [-0.39, 0.29) is 12.1 Å². The second-order valence-corrected chi connectivity index (χ2v) is 6.31. The molecular formula is C16H24BrNO3. The fraction of sp³-hybridized carbons (Fsp3) is 0.625. The molecule has 4 nitrogen and oxygen atoms in total. The van der Waals surface area contributed by atoms with E-state index in [0.717, 1.165) is 40.8 Å². The lowest BCUT2D eigenvalue weighted by Gasteiger charge is -2.31. The van der Waals surface area contributed by atoms with Crippen molar-refractivity contribution in [2.45, 2.75) is 45.2 Å². The number of halogens is 1. The highest BCUT2D eigenvalue weighted by Crippen LogP contribution is 2.38. The van der Waals surface area contributed by atoms with Gasteiger partial charge < -0.3 is 19.9 Å².